The minimum atomic E-state index is -1.60. The summed E-state index contributed by atoms with van der Waals surface area (Å²) in [6.07, 6.45) is 1.63. The molecule has 130 valence electrons. The minimum absolute atomic E-state index is 0.0210. The van der Waals surface area contributed by atoms with Gasteiger partial charge in [-0.05, 0) is 29.8 Å². The average molecular weight is 349 g/mol. The number of aliphatic hydroxyl groups is 1. The van der Waals surface area contributed by atoms with Crippen molar-refractivity contribution in [3.8, 4) is 5.75 Å². The van der Waals surface area contributed by atoms with Gasteiger partial charge in [0.2, 0.25) is 0 Å². The predicted octanol–water partition coefficient (Wildman–Crippen LogP) is 2.73. The monoisotopic (exact) mass is 349 g/mol. The first-order valence-electron chi connectivity index (χ1n) is 7.48. The molecule has 1 heterocycles. The van der Waals surface area contributed by atoms with Crippen LogP contribution in [0.4, 0.5) is 13.2 Å². The molecule has 1 aliphatic heterocycles. The Morgan fingerprint density at radius 2 is 1.88 bits per heavy atom. The number of hydrogen-bond donors (Lipinski definition) is 2. The van der Waals surface area contributed by atoms with E-state index in [0.717, 1.165) is 17.7 Å². The number of ether oxygens (including phenoxy) is 1. The quantitative estimate of drug-likeness (QED) is 0.835. The maximum atomic E-state index is 13.4. The van der Waals surface area contributed by atoms with E-state index in [9.17, 15) is 23.1 Å². The Bertz CT molecular complexity index is 828. The normalized spacial score (nSPS) is 14.2. The highest BCUT2D eigenvalue weighted by atomic mass is 19.2. The van der Waals surface area contributed by atoms with Crippen LogP contribution in [0.15, 0.2) is 42.0 Å². The number of fused-ring (bicyclic) bond motifs is 1. The highest BCUT2D eigenvalue weighted by Crippen LogP contribution is 2.26. The molecule has 2 aromatic rings. The molecule has 1 amide bonds. The van der Waals surface area contributed by atoms with Gasteiger partial charge in [-0.15, -0.1) is 0 Å². The predicted molar refractivity (Wildman–Crippen MR) is 84.2 cm³/mol. The fraction of sp³-hybridized carbons (Fsp3) is 0.167. The van der Waals surface area contributed by atoms with Gasteiger partial charge in [0.1, 0.15) is 12.4 Å². The second kappa shape index (κ2) is 6.98. The van der Waals surface area contributed by atoms with Gasteiger partial charge >= 0.3 is 0 Å². The van der Waals surface area contributed by atoms with E-state index < -0.39 is 36.0 Å². The van der Waals surface area contributed by atoms with Crippen LogP contribution in [0.3, 0.4) is 0 Å². The maximum absolute atomic E-state index is 13.4. The molecule has 1 aliphatic rings. The molecule has 0 saturated carbocycles. The smallest absolute Gasteiger partial charge is 0.251 e. The number of aliphatic hydroxyl groups excluding tert-OH is 1. The van der Waals surface area contributed by atoms with Crippen LogP contribution in [0.2, 0.25) is 0 Å². The van der Waals surface area contributed by atoms with Crippen molar-refractivity contribution in [2.45, 2.75) is 6.04 Å². The zero-order valence-electron chi connectivity index (χ0n) is 12.9. The lowest BCUT2D eigenvalue weighted by molar-refractivity contribution is -0.118. The molecule has 1 atom stereocenters. The summed E-state index contributed by atoms with van der Waals surface area (Å²) in [6.45, 7) is -0.589. The molecule has 7 heteroatoms. The van der Waals surface area contributed by atoms with Crippen molar-refractivity contribution in [3.63, 3.8) is 0 Å². The minimum Gasteiger partial charge on any atom is -0.488 e. The van der Waals surface area contributed by atoms with Crippen molar-refractivity contribution in [2.24, 2.45) is 0 Å². The summed E-state index contributed by atoms with van der Waals surface area (Å²) >= 11 is 0. The molecular weight excluding hydrogens is 335 g/mol. The first kappa shape index (κ1) is 17.0. The first-order valence-corrected chi connectivity index (χ1v) is 7.48. The van der Waals surface area contributed by atoms with Crippen LogP contribution < -0.4 is 10.1 Å². The first-order chi connectivity index (χ1) is 12.0. The van der Waals surface area contributed by atoms with E-state index >= 15 is 0 Å². The number of rotatable bonds is 4. The van der Waals surface area contributed by atoms with Gasteiger partial charge in [-0.25, -0.2) is 13.2 Å². The lowest BCUT2D eigenvalue weighted by atomic mass is 10.0. The summed E-state index contributed by atoms with van der Waals surface area (Å²) in [7, 11) is 0. The van der Waals surface area contributed by atoms with Gasteiger partial charge in [-0.1, -0.05) is 18.2 Å². The Labute approximate surface area is 141 Å². The van der Waals surface area contributed by atoms with Crippen molar-refractivity contribution >= 4 is 12.0 Å². The number of carbonyl (C=O) groups is 1. The maximum Gasteiger partial charge on any atom is 0.251 e. The number of amides is 1. The second-order valence-corrected chi connectivity index (χ2v) is 5.50. The van der Waals surface area contributed by atoms with E-state index in [1.54, 1.807) is 30.3 Å². The van der Waals surface area contributed by atoms with Crippen LogP contribution in [-0.2, 0) is 4.79 Å². The third-order valence-corrected chi connectivity index (χ3v) is 3.82. The fourth-order valence-corrected chi connectivity index (χ4v) is 2.51. The van der Waals surface area contributed by atoms with Crippen LogP contribution in [0, 0.1) is 17.5 Å². The number of halogens is 3. The van der Waals surface area contributed by atoms with Crippen molar-refractivity contribution in [1.82, 2.24) is 5.32 Å². The van der Waals surface area contributed by atoms with Gasteiger partial charge in [-0.3, -0.25) is 4.79 Å². The van der Waals surface area contributed by atoms with E-state index in [-0.39, 0.29) is 12.2 Å². The van der Waals surface area contributed by atoms with Crippen molar-refractivity contribution < 1.29 is 27.8 Å². The molecule has 0 bridgehead atoms. The molecule has 0 saturated heterocycles. The fourth-order valence-electron chi connectivity index (χ4n) is 2.51. The summed E-state index contributed by atoms with van der Waals surface area (Å²) in [5.41, 5.74) is 0.934. The van der Waals surface area contributed by atoms with Gasteiger partial charge in [0.05, 0.1) is 18.2 Å². The molecule has 0 aromatic heterocycles. The number of para-hydroxylation sites is 1. The third kappa shape index (κ3) is 3.51. The molecular formula is C18H14F3NO3. The number of benzene rings is 2. The van der Waals surface area contributed by atoms with Crippen LogP contribution in [-0.4, -0.2) is 24.2 Å². The molecule has 0 aliphatic carbocycles. The highest BCUT2D eigenvalue weighted by Gasteiger charge is 2.22. The van der Waals surface area contributed by atoms with Gasteiger partial charge < -0.3 is 15.2 Å². The lowest BCUT2D eigenvalue weighted by Gasteiger charge is -2.21. The van der Waals surface area contributed by atoms with Gasteiger partial charge in [0.25, 0.3) is 5.91 Å². The molecule has 4 nitrogen and oxygen atoms in total. The second-order valence-electron chi connectivity index (χ2n) is 5.50. The molecule has 0 spiro atoms. The summed E-state index contributed by atoms with van der Waals surface area (Å²) in [4.78, 5) is 12.4. The van der Waals surface area contributed by atoms with Crippen LogP contribution >= 0.6 is 0 Å². The number of nitrogens with one attached hydrogen (secondary N) is 1. The van der Waals surface area contributed by atoms with Crippen LogP contribution in [0.25, 0.3) is 6.08 Å². The summed E-state index contributed by atoms with van der Waals surface area (Å²) < 4.78 is 45.2. The molecule has 2 aromatic carbocycles. The summed E-state index contributed by atoms with van der Waals surface area (Å²) in [5, 5.41) is 11.9. The SMILES string of the molecule is O=C(NC(CO)c1cc(F)c(F)c(F)c1)C1=Cc2ccccc2OC1. The molecule has 0 radical (unpaired) electrons. The summed E-state index contributed by atoms with van der Waals surface area (Å²) in [5.74, 6) is -4.31. The Morgan fingerprint density at radius 3 is 2.56 bits per heavy atom. The van der Waals surface area contributed by atoms with Crippen molar-refractivity contribution in [2.75, 3.05) is 13.2 Å². The Hall–Kier alpha value is -2.80. The van der Waals surface area contributed by atoms with E-state index in [4.69, 9.17) is 4.74 Å². The Kier molecular flexibility index (Phi) is 4.76. The van der Waals surface area contributed by atoms with E-state index in [1.165, 1.54) is 0 Å². The molecule has 25 heavy (non-hydrogen) atoms. The lowest BCUT2D eigenvalue weighted by Crippen LogP contribution is -2.34. The Balaban J connectivity index is 1.81. The van der Waals surface area contributed by atoms with Crippen LogP contribution in [0.5, 0.6) is 5.75 Å². The zero-order valence-corrected chi connectivity index (χ0v) is 12.9. The van der Waals surface area contributed by atoms with Gasteiger partial charge in [-0.2, -0.15) is 0 Å². The topological polar surface area (TPSA) is 58.6 Å². The molecule has 1 unspecified atom stereocenters. The molecule has 2 N–H and O–H groups in total. The van der Waals surface area contributed by atoms with E-state index in [0.29, 0.717) is 11.3 Å². The average Bonchev–Trinajstić information content (AvgIpc) is 2.63. The standard InChI is InChI=1S/C18H14F3NO3/c19-13-6-11(7-14(20)17(13)21)15(8-23)22-18(24)12-5-10-3-1-2-4-16(10)25-9-12/h1-7,15,23H,8-9H2,(H,22,24). The number of carbonyl (C=O) groups excluding carboxylic acids is 1. The van der Waals surface area contributed by atoms with Crippen LogP contribution in [0.1, 0.15) is 17.2 Å². The largest absolute Gasteiger partial charge is 0.488 e. The summed E-state index contributed by atoms with van der Waals surface area (Å²) in [6, 6.07) is 7.52. The Morgan fingerprint density at radius 1 is 1.20 bits per heavy atom. The van der Waals surface area contributed by atoms with E-state index in [2.05, 4.69) is 5.32 Å². The van der Waals surface area contributed by atoms with Crippen molar-refractivity contribution in [3.05, 3.63) is 70.5 Å². The van der Waals surface area contributed by atoms with E-state index in [1.807, 2.05) is 0 Å². The van der Waals surface area contributed by atoms with Gasteiger partial charge in [0, 0.05) is 5.56 Å². The van der Waals surface area contributed by atoms with Crippen molar-refractivity contribution in [1.29, 1.82) is 0 Å². The third-order valence-electron chi connectivity index (χ3n) is 3.82. The molecule has 3 rings (SSSR count). The molecule has 0 fully saturated rings. The van der Waals surface area contributed by atoms with Gasteiger partial charge in [0.15, 0.2) is 17.5 Å². The zero-order chi connectivity index (χ0) is 18.0. The highest BCUT2D eigenvalue weighted by molar-refractivity contribution is 5.99. The number of hydrogen-bond acceptors (Lipinski definition) is 3.